The van der Waals surface area contributed by atoms with E-state index in [1.54, 1.807) is 0 Å². The van der Waals surface area contributed by atoms with Gasteiger partial charge in [-0.15, -0.1) is 0 Å². The minimum atomic E-state index is 0.497. The van der Waals surface area contributed by atoms with Crippen LogP contribution in [-0.2, 0) is 0 Å². The number of hydrogen-bond donors (Lipinski definition) is 1. The van der Waals surface area contributed by atoms with Crippen molar-refractivity contribution in [2.24, 2.45) is 16.7 Å². The molecule has 0 radical (unpaired) electrons. The molecule has 0 bridgehead atoms. The largest absolute Gasteiger partial charge is 0.315 e. The Kier molecular flexibility index (Phi) is 2.63. The van der Waals surface area contributed by atoms with Gasteiger partial charge in [-0.25, -0.2) is 0 Å². The SMILES string of the molecule is CC1CNCCN(C2C(C)(C)C2(C)C)C1. The fourth-order valence-electron chi connectivity index (χ4n) is 3.44. The van der Waals surface area contributed by atoms with Gasteiger partial charge < -0.3 is 5.32 Å². The quantitative estimate of drug-likeness (QED) is 0.712. The Hall–Kier alpha value is -0.0800. The van der Waals surface area contributed by atoms with Crippen molar-refractivity contribution in [2.45, 2.75) is 40.7 Å². The highest BCUT2D eigenvalue weighted by Gasteiger charge is 2.66. The monoisotopic (exact) mass is 210 g/mol. The van der Waals surface area contributed by atoms with Gasteiger partial charge >= 0.3 is 0 Å². The summed E-state index contributed by atoms with van der Waals surface area (Å²) in [6, 6.07) is 0.785. The minimum absolute atomic E-state index is 0.497. The van der Waals surface area contributed by atoms with Crippen molar-refractivity contribution >= 4 is 0 Å². The lowest BCUT2D eigenvalue weighted by molar-refractivity contribution is 0.218. The molecule has 2 nitrogen and oxygen atoms in total. The molecule has 2 fully saturated rings. The molecule has 1 aliphatic carbocycles. The zero-order chi connectivity index (χ0) is 11.3. The van der Waals surface area contributed by atoms with Crippen molar-refractivity contribution in [3.63, 3.8) is 0 Å². The van der Waals surface area contributed by atoms with Crippen LogP contribution < -0.4 is 5.32 Å². The van der Waals surface area contributed by atoms with Crippen LogP contribution in [-0.4, -0.2) is 37.1 Å². The molecule has 0 aromatic carbocycles. The second-order valence-electron chi connectivity index (χ2n) is 6.65. The maximum absolute atomic E-state index is 3.52. The number of hydrogen-bond acceptors (Lipinski definition) is 2. The molecule has 0 aromatic rings. The zero-order valence-electron chi connectivity index (χ0n) is 10.9. The number of rotatable bonds is 1. The maximum atomic E-state index is 3.52. The average Bonchev–Trinajstić information content (AvgIpc) is 2.59. The van der Waals surface area contributed by atoms with Gasteiger partial charge in [0.15, 0.2) is 0 Å². The van der Waals surface area contributed by atoms with E-state index in [4.69, 9.17) is 0 Å². The topological polar surface area (TPSA) is 15.3 Å². The van der Waals surface area contributed by atoms with Crippen molar-refractivity contribution in [3.05, 3.63) is 0 Å². The van der Waals surface area contributed by atoms with E-state index in [-0.39, 0.29) is 0 Å². The standard InChI is InChI=1S/C13H26N2/c1-10-8-14-6-7-15(9-10)11-12(2,3)13(11,4)5/h10-11,14H,6-9H2,1-5H3. The molecule has 15 heavy (non-hydrogen) atoms. The van der Waals surface area contributed by atoms with Crippen LogP contribution in [0.25, 0.3) is 0 Å². The van der Waals surface area contributed by atoms with Gasteiger partial charge in [-0.3, -0.25) is 4.90 Å². The second-order valence-corrected chi connectivity index (χ2v) is 6.65. The van der Waals surface area contributed by atoms with Crippen LogP contribution >= 0.6 is 0 Å². The summed E-state index contributed by atoms with van der Waals surface area (Å²) in [6.45, 7) is 16.9. The second kappa shape index (κ2) is 3.46. The molecule has 1 unspecified atom stereocenters. The van der Waals surface area contributed by atoms with E-state index in [0.717, 1.165) is 18.5 Å². The molecule has 0 amide bonds. The fourth-order valence-corrected chi connectivity index (χ4v) is 3.44. The Bertz CT molecular complexity index is 231. The van der Waals surface area contributed by atoms with Crippen LogP contribution in [0, 0.1) is 16.7 Å². The van der Waals surface area contributed by atoms with Crippen molar-refractivity contribution < 1.29 is 0 Å². The van der Waals surface area contributed by atoms with Crippen molar-refractivity contribution in [2.75, 3.05) is 26.2 Å². The molecule has 2 rings (SSSR count). The molecular weight excluding hydrogens is 184 g/mol. The summed E-state index contributed by atoms with van der Waals surface area (Å²) in [5.41, 5.74) is 0.994. The van der Waals surface area contributed by atoms with Gasteiger partial charge in [-0.2, -0.15) is 0 Å². The highest BCUT2D eigenvalue weighted by atomic mass is 15.2. The molecule has 1 heterocycles. The first kappa shape index (κ1) is 11.4. The van der Waals surface area contributed by atoms with Crippen LogP contribution in [0.1, 0.15) is 34.6 Å². The van der Waals surface area contributed by atoms with Crippen molar-refractivity contribution in [1.29, 1.82) is 0 Å². The summed E-state index contributed by atoms with van der Waals surface area (Å²) in [5, 5.41) is 3.52. The molecule has 2 aliphatic rings. The first-order valence-electron chi connectivity index (χ1n) is 6.32. The Labute approximate surface area is 94.4 Å². The molecule has 2 heteroatoms. The minimum Gasteiger partial charge on any atom is -0.315 e. The summed E-state index contributed by atoms with van der Waals surface area (Å²) in [5.74, 6) is 0.791. The Morgan fingerprint density at radius 3 is 2.27 bits per heavy atom. The summed E-state index contributed by atoms with van der Waals surface area (Å²) < 4.78 is 0. The zero-order valence-corrected chi connectivity index (χ0v) is 10.9. The van der Waals surface area contributed by atoms with Crippen LogP contribution in [0.15, 0.2) is 0 Å². The predicted molar refractivity (Wildman–Crippen MR) is 65.0 cm³/mol. The Morgan fingerprint density at radius 2 is 1.73 bits per heavy atom. The molecule has 0 aromatic heterocycles. The van der Waals surface area contributed by atoms with E-state index in [2.05, 4.69) is 44.8 Å². The van der Waals surface area contributed by atoms with E-state index in [9.17, 15) is 0 Å². The van der Waals surface area contributed by atoms with Crippen LogP contribution in [0.3, 0.4) is 0 Å². The third-order valence-electron chi connectivity index (χ3n) is 4.92. The molecule has 1 N–H and O–H groups in total. The van der Waals surface area contributed by atoms with E-state index < -0.39 is 0 Å². The lowest BCUT2D eigenvalue weighted by atomic mass is 10.0. The smallest absolute Gasteiger partial charge is 0.0210 e. The summed E-state index contributed by atoms with van der Waals surface area (Å²) in [7, 11) is 0. The van der Waals surface area contributed by atoms with E-state index in [0.29, 0.717) is 10.8 Å². The van der Waals surface area contributed by atoms with Crippen molar-refractivity contribution in [3.8, 4) is 0 Å². The first-order valence-corrected chi connectivity index (χ1v) is 6.32. The Balaban J connectivity index is 2.05. The van der Waals surface area contributed by atoms with Gasteiger partial charge in [-0.1, -0.05) is 34.6 Å². The normalized spacial score (nSPS) is 36.2. The van der Waals surface area contributed by atoms with Gasteiger partial charge in [0.2, 0.25) is 0 Å². The lowest BCUT2D eigenvalue weighted by Gasteiger charge is -2.24. The highest BCUT2D eigenvalue weighted by molar-refractivity contribution is 5.18. The number of nitrogens with one attached hydrogen (secondary N) is 1. The van der Waals surface area contributed by atoms with Gasteiger partial charge in [0.25, 0.3) is 0 Å². The molecular formula is C13H26N2. The Morgan fingerprint density at radius 1 is 1.13 bits per heavy atom. The lowest BCUT2D eigenvalue weighted by Crippen LogP contribution is -2.35. The van der Waals surface area contributed by atoms with Gasteiger partial charge in [0, 0.05) is 25.7 Å². The van der Waals surface area contributed by atoms with Gasteiger partial charge in [0.1, 0.15) is 0 Å². The van der Waals surface area contributed by atoms with Crippen LogP contribution in [0.4, 0.5) is 0 Å². The third-order valence-corrected chi connectivity index (χ3v) is 4.92. The van der Waals surface area contributed by atoms with Crippen molar-refractivity contribution in [1.82, 2.24) is 10.2 Å². The summed E-state index contributed by atoms with van der Waals surface area (Å²) in [6.07, 6.45) is 0. The summed E-state index contributed by atoms with van der Waals surface area (Å²) in [4.78, 5) is 2.71. The molecule has 1 saturated heterocycles. The average molecular weight is 210 g/mol. The third kappa shape index (κ3) is 1.72. The maximum Gasteiger partial charge on any atom is 0.0210 e. The van der Waals surface area contributed by atoms with E-state index in [1.807, 2.05) is 0 Å². The van der Waals surface area contributed by atoms with E-state index in [1.165, 1.54) is 19.6 Å². The van der Waals surface area contributed by atoms with Crippen LogP contribution in [0.5, 0.6) is 0 Å². The van der Waals surface area contributed by atoms with Gasteiger partial charge in [-0.05, 0) is 23.3 Å². The molecule has 0 spiro atoms. The van der Waals surface area contributed by atoms with E-state index >= 15 is 0 Å². The number of nitrogens with zero attached hydrogens (tertiary/aromatic N) is 1. The van der Waals surface area contributed by atoms with Gasteiger partial charge in [0.05, 0.1) is 0 Å². The molecule has 1 aliphatic heterocycles. The molecule has 1 atom stereocenters. The fraction of sp³-hybridized carbons (Fsp3) is 1.00. The first-order chi connectivity index (χ1) is 6.87. The predicted octanol–water partition coefficient (Wildman–Crippen LogP) is 1.96. The molecule has 88 valence electrons. The van der Waals surface area contributed by atoms with Crippen LogP contribution in [0.2, 0.25) is 0 Å². The molecule has 1 saturated carbocycles. The summed E-state index contributed by atoms with van der Waals surface area (Å²) >= 11 is 0. The highest BCUT2D eigenvalue weighted by Crippen LogP contribution is 2.65.